The molecule has 228 valence electrons. The van der Waals surface area contributed by atoms with E-state index in [-0.39, 0.29) is 29.5 Å². The lowest BCUT2D eigenvalue weighted by atomic mass is 9.85. The molecule has 1 aliphatic carbocycles. The number of rotatable bonds is 7. The molecule has 2 N–H and O–H groups in total. The van der Waals surface area contributed by atoms with Gasteiger partial charge in [0.05, 0.1) is 30.7 Å². The Morgan fingerprint density at radius 2 is 1.68 bits per heavy atom. The summed E-state index contributed by atoms with van der Waals surface area (Å²) in [6.45, 7) is 10.5. The molecule has 3 aromatic heterocycles. The Balaban J connectivity index is 1.21. The van der Waals surface area contributed by atoms with Gasteiger partial charge in [-0.25, -0.2) is 9.48 Å². The summed E-state index contributed by atoms with van der Waals surface area (Å²) in [4.78, 5) is 13.5. The number of ether oxygens (including phenoxy) is 2. The quantitative estimate of drug-likeness (QED) is 0.208. The summed E-state index contributed by atoms with van der Waals surface area (Å²) < 4.78 is 15.6. The van der Waals surface area contributed by atoms with Crippen LogP contribution in [0.2, 0.25) is 0 Å². The number of carbonyl (C=O) groups is 1. The third-order valence-corrected chi connectivity index (χ3v) is 7.97. The van der Waals surface area contributed by atoms with Crippen molar-refractivity contribution >= 4 is 17.5 Å². The molecule has 2 aromatic carbocycles. The van der Waals surface area contributed by atoms with E-state index in [1.807, 2.05) is 65.2 Å². The van der Waals surface area contributed by atoms with E-state index >= 15 is 0 Å². The second-order valence-corrected chi connectivity index (χ2v) is 12.5. The predicted molar refractivity (Wildman–Crippen MR) is 170 cm³/mol. The van der Waals surface area contributed by atoms with Gasteiger partial charge in [-0.05, 0) is 60.4 Å². The first-order valence-electron chi connectivity index (χ1n) is 15.0. The SMILES string of the molecule is COc1ccc(-n2nc(C(C)(C)C)cc2NC(=O)N[C@H]2CC[C@@H](Oc3ccc4nnc(C(C)C)n4c3)c3ccccc32)cc1. The van der Waals surface area contributed by atoms with Crippen LogP contribution in [-0.2, 0) is 5.41 Å². The fraction of sp³-hybridized carbons (Fsp3) is 0.353. The number of methoxy groups -OCH3 is 1. The summed E-state index contributed by atoms with van der Waals surface area (Å²) in [7, 11) is 1.63. The molecule has 0 bridgehead atoms. The van der Waals surface area contributed by atoms with Gasteiger partial charge in [0.25, 0.3) is 0 Å². The van der Waals surface area contributed by atoms with Crippen LogP contribution in [0, 0.1) is 0 Å². The molecule has 2 amide bonds. The second-order valence-electron chi connectivity index (χ2n) is 12.5. The highest BCUT2D eigenvalue weighted by Gasteiger charge is 2.30. The lowest BCUT2D eigenvalue weighted by Gasteiger charge is -2.32. The molecule has 10 nitrogen and oxygen atoms in total. The molecule has 44 heavy (non-hydrogen) atoms. The Kier molecular flexibility index (Phi) is 7.75. The predicted octanol–water partition coefficient (Wildman–Crippen LogP) is 7.12. The summed E-state index contributed by atoms with van der Waals surface area (Å²) >= 11 is 0. The molecule has 0 saturated carbocycles. The van der Waals surface area contributed by atoms with Crippen LogP contribution in [0.15, 0.2) is 72.9 Å². The van der Waals surface area contributed by atoms with Crippen molar-refractivity contribution in [3.63, 3.8) is 0 Å². The van der Waals surface area contributed by atoms with Crippen LogP contribution in [0.5, 0.6) is 11.5 Å². The molecule has 5 aromatic rings. The average molecular weight is 594 g/mol. The monoisotopic (exact) mass is 593 g/mol. The maximum atomic E-state index is 13.5. The van der Waals surface area contributed by atoms with Crippen molar-refractivity contribution in [1.29, 1.82) is 0 Å². The van der Waals surface area contributed by atoms with E-state index in [1.165, 1.54) is 0 Å². The van der Waals surface area contributed by atoms with Crippen LogP contribution in [0.25, 0.3) is 11.3 Å². The first-order valence-corrected chi connectivity index (χ1v) is 15.0. The number of urea groups is 1. The summed E-state index contributed by atoms with van der Waals surface area (Å²) in [5, 5.41) is 19.7. The van der Waals surface area contributed by atoms with E-state index in [4.69, 9.17) is 14.6 Å². The topological polar surface area (TPSA) is 108 Å². The number of pyridine rings is 1. The van der Waals surface area contributed by atoms with Gasteiger partial charge in [0.2, 0.25) is 0 Å². The number of nitrogens with zero attached hydrogens (tertiary/aromatic N) is 5. The number of aromatic nitrogens is 5. The molecule has 0 radical (unpaired) electrons. The van der Waals surface area contributed by atoms with Crippen molar-refractivity contribution in [3.05, 3.63) is 95.6 Å². The lowest BCUT2D eigenvalue weighted by molar-refractivity contribution is 0.171. The Bertz CT molecular complexity index is 1780. The number of benzene rings is 2. The van der Waals surface area contributed by atoms with Gasteiger partial charge in [-0.15, -0.1) is 10.2 Å². The van der Waals surface area contributed by atoms with Crippen LogP contribution in [0.3, 0.4) is 0 Å². The Morgan fingerprint density at radius 3 is 2.39 bits per heavy atom. The number of carbonyl (C=O) groups excluding carboxylic acids is 1. The molecule has 0 fully saturated rings. The molecule has 0 aliphatic heterocycles. The number of fused-ring (bicyclic) bond motifs is 2. The van der Waals surface area contributed by atoms with E-state index in [2.05, 4.69) is 67.6 Å². The zero-order valence-corrected chi connectivity index (χ0v) is 26.0. The standard InChI is InChI=1S/C34H39N7O3/c1-21(2)32-38-37-30-18-15-24(20-40(30)32)44-28-17-16-27(25-9-7-8-10-26(25)28)35-33(42)36-31-19-29(34(3,4)5)39-41(31)22-11-13-23(43-6)14-12-22/h7-15,18-21,27-28H,16-17H2,1-6H3,(H2,35,36,42)/t27-,28+/m0/s1. The summed E-state index contributed by atoms with van der Waals surface area (Å²) in [5.41, 5.74) is 4.41. The Morgan fingerprint density at radius 1 is 0.955 bits per heavy atom. The summed E-state index contributed by atoms with van der Waals surface area (Å²) in [6, 6.07) is 21.1. The number of hydrogen-bond donors (Lipinski definition) is 2. The second kappa shape index (κ2) is 11.7. The molecule has 0 spiro atoms. The van der Waals surface area contributed by atoms with Gasteiger partial charge < -0.3 is 14.8 Å². The maximum absolute atomic E-state index is 13.5. The van der Waals surface area contributed by atoms with Crippen molar-refractivity contribution in [1.82, 2.24) is 29.7 Å². The minimum atomic E-state index is -0.293. The van der Waals surface area contributed by atoms with Crippen LogP contribution in [0.4, 0.5) is 10.6 Å². The van der Waals surface area contributed by atoms with E-state index in [9.17, 15) is 4.79 Å². The van der Waals surface area contributed by atoms with Crippen molar-refractivity contribution in [2.75, 3.05) is 12.4 Å². The third-order valence-electron chi connectivity index (χ3n) is 7.97. The van der Waals surface area contributed by atoms with Gasteiger partial charge in [0, 0.05) is 17.4 Å². The minimum Gasteiger partial charge on any atom is -0.497 e. The number of hydrogen-bond acceptors (Lipinski definition) is 6. The first-order chi connectivity index (χ1) is 21.1. The largest absolute Gasteiger partial charge is 0.497 e. The average Bonchev–Trinajstić information content (AvgIpc) is 3.63. The van der Waals surface area contributed by atoms with E-state index in [0.717, 1.165) is 58.3 Å². The maximum Gasteiger partial charge on any atom is 0.320 e. The van der Waals surface area contributed by atoms with Gasteiger partial charge in [-0.3, -0.25) is 9.72 Å². The molecule has 6 rings (SSSR count). The van der Waals surface area contributed by atoms with Gasteiger partial charge in [0.1, 0.15) is 29.2 Å². The first kappa shape index (κ1) is 29.2. The van der Waals surface area contributed by atoms with Crippen molar-refractivity contribution in [2.24, 2.45) is 0 Å². The van der Waals surface area contributed by atoms with Crippen LogP contribution >= 0.6 is 0 Å². The van der Waals surface area contributed by atoms with Crippen molar-refractivity contribution in [3.8, 4) is 17.2 Å². The highest BCUT2D eigenvalue weighted by molar-refractivity contribution is 5.89. The highest BCUT2D eigenvalue weighted by atomic mass is 16.5. The summed E-state index contributed by atoms with van der Waals surface area (Å²) in [6.07, 6.45) is 3.29. The van der Waals surface area contributed by atoms with Crippen LogP contribution in [-0.4, -0.2) is 37.5 Å². The number of nitrogens with one attached hydrogen (secondary N) is 2. The molecule has 2 atom stereocenters. The van der Waals surface area contributed by atoms with Crippen LogP contribution in [0.1, 0.15) is 88.2 Å². The lowest BCUT2D eigenvalue weighted by Crippen LogP contribution is -2.36. The minimum absolute atomic E-state index is 0.144. The van der Waals surface area contributed by atoms with E-state index in [1.54, 1.807) is 11.8 Å². The zero-order valence-electron chi connectivity index (χ0n) is 26.0. The molecule has 1 aliphatic rings. The van der Waals surface area contributed by atoms with Gasteiger partial charge in [-0.1, -0.05) is 58.9 Å². The number of anilines is 1. The molecule has 3 heterocycles. The molecular weight excluding hydrogens is 554 g/mol. The molecule has 10 heteroatoms. The fourth-order valence-corrected chi connectivity index (χ4v) is 5.61. The van der Waals surface area contributed by atoms with Gasteiger partial charge in [-0.2, -0.15) is 5.10 Å². The normalized spacial score (nSPS) is 16.5. The van der Waals surface area contributed by atoms with Gasteiger partial charge in [0.15, 0.2) is 5.65 Å². The molecule has 0 unspecified atom stereocenters. The molecular formula is C34H39N7O3. The van der Waals surface area contributed by atoms with Gasteiger partial charge >= 0.3 is 6.03 Å². The number of amides is 2. The molecule has 0 saturated heterocycles. The van der Waals surface area contributed by atoms with Crippen molar-refractivity contribution in [2.45, 2.75) is 70.9 Å². The smallest absolute Gasteiger partial charge is 0.320 e. The summed E-state index contributed by atoms with van der Waals surface area (Å²) in [5.74, 6) is 3.23. The van der Waals surface area contributed by atoms with Crippen LogP contribution < -0.4 is 20.1 Å². The van der Waals surface area contributed by atoms with E-state index < -0.39 is 0 Å². The Hall–Kier alpha value is -4.86. The Labute approximate surface area is 257 Å². The zero-order chi connectivity index (χ0) is 31.0. The van der Waals surface area contributed by atoms with Crippen molar-refractivity contribution < 1.29 is 14.3 Å². The fourth-order valence-electron chi connectivity index (χ4n) is 5.61. The third kappa shape index (κ3) is 5.84. The van der Waals surface area contributed by atoms with E-state index in [0.29, 0.717) is 5.82 Å². The highest BCUT2D eigenvalue weighted by Crippen LogP contribution is 2.39.